The molecule has 2 fully saturated rings. The van der Waals surface area contributed by atoms with Gasteiger partial charge in [0.2, 0.25) is 0 Å². The SMILES string of the molecule is COCCN1CCN([C@@H]2CCNC2)CC1. The molecule has 0 amide bonds. The second-order valence-electron chi connectivity index (χ2n) is 4.52. The molecule has 1 N–H and O–H groups in total. The summed E-state index contributed by atoms with van der Waals surface area (Å²) in [5.41, 5.74) is 0. The summed E-state index contributed by atoms with van der Waals surface area (Å²) in [7, 11) is 1.78. The molecule has 2 aliphatic rings. The van der Waals surface area contributed by atoms with Crippen LogP contribution in [0.15, 0.2) is 0 Å². The molecule has 0 unspecified atom stereocenters. The fraction of sp³-hybridized carbons (Fsp3) is 1.00. The normalized spacial score (nSPS) is 29.8. The summed E-state index contributed by atoms with van der Waals surface area (Å²) in [4.78, 5) is 5.14. The highest BCUT2D eigenvalue weighted by atomic mass is 16.5. The third kappa shape index (κ3) is 3.14. The molecule has 2 aliphatic heterocycles. The molecule has 4 heteroatoms. The first-order valence-electron chi connectivity index (χ1n) is 6.06. The molecule has 0 radical (unpaired) electrons. The van der Waals surface area contributed by atoms with Crippen molar-refractivity contribution in [2.24, 2.45) is 0 Å². The smallest absolute Gasteiger partial charge is 0.0589 e. The van der Waals surface area contributed by atoms with Gasteiger partial charge in [-0.2, -0.15) is 0 Å². The Kier molecular flexibility index (Phi) is 4.38. The molecular formula is C11H23N3O. The molecule has 0 bridgehead atoms. The van der Waals surface area contributed by atoms with Crippen molar-refractivity contribution in [3.63, 3.8) is 0 Å². The second kappa shape index (κ2) is 5.80. The van der Waals surface area contributed by atoms with Crippen LogP contribution in [0.25, 0.3) is 0 Å². The van der Waals surface area contributed by atoms with E-state index in [0.29, 0.717) is 0 Å². The van der Waals surface area contributed by atoms with Gasteiger partial charge in [0.05, 0.1) is 6.61 Å². The molecule has 2 rings (SSSR count). The number of nitrogens with zero attached hydrogens (tertiary/aromatic N) is 2. The summed E-state index contributed by atoms with van der Waals surface area (Å²) in [6, 6.07) is 0.801. The Morgan fingerprint density at radius 2 is 2.07 bits per heavy atom. The summed E-state index contributed by atoms with van der Waals surface area (Å²) < 4.78 is 5.11. The number of hydrogen-bond acceptors (Lipinski definition) is 4. The van der Waals surface area contributed by atoms with E-state index in [-0.39, 0.29) is 0 Å². The first-order chi connectivity index (χ1) is 7.40. The van der Waals surface area contributed by atoms with Crippen molar-refractivity contribution in [3.05, 3.63) is 0 Å². The highest BCUT2D eigenvalue weighted by molar-refractivity contribution is 4.84. The predicted octanol–water partition coefficient (Wildman–Crippen LogP) is -0.388. The molecule has 0 spiro atoms. The molecule has 2 saturated heterocycles. The van der Waals surface area contributed by atoms with Crippen molar-refractivity contribution in [3.8, 4) is 0 Å². The minimum Gasteiger partial charge on any atom is -0.383 e. The Bertz CT molecular complexity index is 175. The average Bonchev–Trinajstić information content (AvgIpc) is 2.80. The van der Waals surface area contributed by atoms with Gasteiger partial charge in [0.1, 0.15) is 0 Å². The Morgan fingerprint density at radius 1 is 1.27 bits per heavy atom. The van der Waals surface area contributed by atoms with Gasteiger partial charge in [-0.05, 0) is 13.0 Å². The second-order valence-corrected chi connectivity index (χ2v) is 4.52. The Labute approximate surface area is 92.6 Å². The Balaban J connectivity index is 1.67. The van der Waals surface area contributed by atoms with Crippen molar-refractivity contribution in [1.82, 2.24) is 15.1 Å². The van der Waals surface area contributed by atoms with E-state index in [1.54, 1.807) is 7.11 Å². The summed E-state index contributed by atoms with van der Waals surface area (Å²) in [5, 5.41) is 3.44. The van der Waals surface area contributed by atoms with E-state index < -0.39 is 0 Å². The van der Waals surface area contributed by atoms with Crippen LogP contribution in [-0.4, -0.2) is 75.4 Å². The van der Waals surface area contributed by atoms with Crippen LogP contribution in [0.2, 0.25) is 0 Å². The third-order valence-corrected chi connectivity index (χ3v) is 3.57. The minimum atomic E-state index is 0.801. The van der Waals surface area contributed by atoms with E-state index in [9.17, 15) is 0 Å². The molecule has 15 heavy (non-hydrogen) atoms. The van der Waals surface area contributed by atoms with Crippen LogP contribution in [0.5, 0.6) is 0 Å². The fourth-order valence-corrected chi connectivity index (χ4v) is 2.52. The van der Waals surface area contributed by atoms with Crippen molar-refractivity contribution >= 4 is 0 Å². The summed E-state index contributed by atoms with van der Waals surface area (Å²) >= 11 is 0. The lowest BCUT2D eigenvalue weighted by atomic mass is 10.2. The topological polar surface area (TPSA) is 27.7 Å². The van der Waals surface area contributed by atoms with Gasteiger partial charge in [0.15, 0.2) is 0 Å². The standard InChI is InChI=1S/C11H23N3O/c1-15-9-8-13-4-6-14(7-5-13)11-2-3-12-10-11/h11-12H,2-10H2,1H3/t11-/m1/s1. The zero-order valence-electron chi connectivity index (χ0n) is 9.74. The number of ether oxygens (including phenoxy) is 1. The van der Waals surface area contributed by atoms with E-state index in [1.807, 2.05) is 0 Å². The first-order valence-corrected chi connectivity index (χ1v) is 6.06. The summed E-state index contributed by atoms with van der Waals surface area (Å²) in [6.45, 7) is 9.23. The minimum absolute atomic E-state index is 0.801. The zero-order valence-corrected chi connectivity index (χ0v) is 9.74. The van der Waals surface area contributed by atoms with Crippen LogP contribution in [0.3, 0.4) is 0 Å². The van der Waals surface area contributed by atoms with Gasteiger partial charge < -0.3 is 10.1 Å². The van der Waals surface area contributed by atoms with Gasteiger partial charge in [0.25, 0.3) is 0 Å². The Morgan fingerprint density at radius 3 is 2.67 bits per heavy atom. The van der Waals surface area contributed by atoms with Crippen molar-refractivity contribution in [2.45, 2.75) is 12.5 Å². The van der Waals surface area contributed by atoms with E-state index in [2.05, 4.69) is 15.1 Å². The van der Waals surface area contributed by atoms with Gasteiger partial charge in [-0.15, -0.1) is 0 Å². The van der Waals surface area contributed by atoms with Crippen LogP contribution in [0.4, 0.5) is 0 Å². The maximum Gasteiger partial charge on any atom is 0.0589 e. The predicted molar refractivity (Wildman–Crippen MR) is 61.2 cm³/mol. The molecular weight excluding hydrogens is 190 g/mol. The number of nitrogens with one attached hydrogen (secondary N) is 1. The van der Waals surface area contributed by atoms with E-state index >= 15 is 0 Å². The highest BCUT2D eigenvalue weighted by Crippen LogP contribution is 2.11. The molecule has 1 atom stereocenters. The number of hydrogen-bond donors (Lipinski definition) is 1. The van der Waals surface area contributed by atoms with Gasteiger partial charge in [-0.3, -0.25) is 9.80 Å². The molecule has 4 nitrogen and oxygen atoms in total. The molecule has 0 aliphatic carbocycles. The lowest BCUT2D eigenvalue weighted by molar-refractivity contribution is 0.0790. The van der Waals surface area contributed by atoms with Crippen LogP contribution in [0.1, 0.15) is 6.42 Å². The van der Waals surface area contributed by atoms with Crippen molar-refractivity contribution in [1.29, 1.82) is 0 Å². The quantitative estimate of drug-likeness (QED) is 0.688. The maximum absolute atomic E-state index is 5.11. The molecule has 2 heterocycles. The van der Waals surface area contributed by atoms with E-state index in [1.165, 1.54) is 45.7 Å². The lowest BCUT2D eigenvalue weighted by Crippen LogP contribution is -2.51. The molecule has 0 aromatic carbocycles. The van der Waals surface area contributed by atoms with Gasteiger partial charge in [-0.25, -0.2) is 0 Å². The monoisotopic (exact) mass is 213 g/mol. The van der Waals surface area contributed by atoms with Crippen LogP contribution in [-0.2, 0) is 4.74 Å². The molecule has 0 saturated carbocycles. The summed E-state index contributed by atoms with van der Waals surface area (Å²) in [6.07, 6.45) is 1.33. The van der Waals surface area contributed by atoms with Gasteiger partial charge >= 0.3 is 0 Å². The van der Waals surface area contributed by atoms with Crippen molar-refractivity contribution < 1.29 is 4.74 Å². The van der Waals surface area contributed by atoms with Crippen molar-refractivity contribution in [2.75, 3.05) is 59.5 Å². The number of piperazine rings is 1. The van der Waals surface area contributed by atoms with E-state index in [0.717, 1.165) is 19.2 Å². The van der Waals surface area contributed by atoms with E-state index in [4.69, 9.17) is 4.74 Å². The van der Waals surface area contributed by atoms with Crippen LogP contribution >= 0.6 is 0 Å². The molecule has 0 aromatic heterocycles. The Hall–Kier alpha value is -0.160. The lowest BCUT2D eigenvalue weighted by Gasteiger charge is -2.37. The fourth-order valence-electron chi connectivity index (χ4n) is 2.52. The van der Waals surface area contributed by atoms with Crippen LogP contribution < -0.4 is 5.32 Å². The number of rotatable bonds is 4. The average molecular weight is 213 g/mol. The van der Waals surface area contributed by atoms with Gasteiger partial charge in [0, 0.05) is 52.4 Å². The highest BCUT2D eigenvalue weighted by Gasteiger charge is 2.25. The number of methoxy groups -OCH3 is 1. The molecule has 88 valence electrons. The van der Waals surface area contributed by atoms with Gasteiger partial charge in [-0.1, -0.05) is 0 Å². The van der Waals surface area contributed by atoms with Crippen LogP contribution in [0, 0.1) is 0 Å². The zero-order chi connectivity index (χ0) is 10.5. The largest absolute Gasteiger partial charge is 0.383 e. The first kappa shape index (κ1) is 11.3. The summed E-state index contributed by atoms with van der Waals surface area (Å²) in [5.74, 6) is 0. The maximum atomic E-state index is 5.11. The third-order valence-electron chi connectivity index (χ3n) is 3.57. The molecule has 0 aromatic rings.